The summed E-state index contributed by atoms with van der Waals surface area (Å²) >= 11 is 10.0. The van der Waals surface area contributed by atoms with Gasteiger partial charge < -0.3 is 4.89 Å². The van der Waals surface area contributed by atoms with Gasteiger partial charge in [0.2, 0.25) is 0 Å². The van der Waals surface area contributed by atoms with E-state index in [-0.39, 0.29) is 5.62 Å². The number of hydrogen-bond acceptors (Lipinski definition) is 1. The molecule has 4 heteroatoms. The van der Waals surface area contributed by atoms with Gasteiger partial charge in [-0.1, -0.05) is 17.9 Å². The van der Waals surface area contributed by atoms with Gasteiger partial charge in [0.15, 0.2) is 0 Å². The Morgan fingerprint density at radius 2 is 2.38 bits per heavy atom. The van der Waals surface area contributed by atoms with Crippen molar-refractivity contribution >= 4 is 29.7 Å². The topological polar surface area (TPSA) is 20.2 Å². The fraction of sp³-hybridized carbons (Fsp3) is 0.500. The van der Waals surface area contributed by atoms with Crippen LogP contribution in [-0.4, -0.2) is 16.7 Å². The quantitative estimate of drug-likeness (QED) is 0.396. The second-order valence-electron chi connectivity index (χ2n) is 1.44. The van der Waals surface area contributed by atoms with Crippen LogP contribution in [0.1, 0.15) is 0 Å². The zero-order chi connectivity index (χ0) is 6.62. The standard InChI is InChI=1S/C4H8ClOPS/c1-2-3-7(6,8)4-5/h2H,1,3-4H2,(H,6,8). The molecule has 1 unspecified atom stereocenters. The molecule has 0 aromatic heterocycles. The molecule has 8 heavy (non-hydrogen) atoms. The average Bonchev–Trinajstić information content (AvgIpc) is 1.67. The van der Waals surface area contributed by atoms with E-state index in [1.165, 1.54) is 0 Å². The van der Waals surface area contributed by atoms with Gasteiger partial charge in [0.05, 0.1) is 11.9 Å². The molecule has 0 bridgehead atoms. The molecule has 0 aliphatic carbocycles. The molecule has 1 N–H and O–H groups in total. The lowest BCUT2D eigenvalue weighted by molar-refractivity contribution is 0.629. The third-order valence-corrected chi connectivity index (χ3v) is 4.25. The van der Waals surface area contributed by atoms with Crippen molar-refractivity contribution < 1.29 is 4.89 Å². The molecule has 0 aliphatic rings. The van der Waals surface area contributed by atoms with E-state index in [0.717, 1.165) is 0 Å². The molecule has 0 amide bonds. The van der Waals surface area contributed by atoms with Crippen LogP contribution in [0.5, 0.6) is 0 Å². The molecule has 1 nitrogen and oxygen atoms in total. The molecule has 0 spiro atoms. The summed E-state index contributed by atoms with van der Waals surface area (Å²) < 4.78 is 0. The first-order valence-electron chi connectivity index (χ1n) is 2.10. The predicted molar refractivity (Wildman–Crippen MR) is 42.3 cm³/mol. The number of allylic oxidation sites excluding steroid dienone is 1. The van der Waals surface area contributed by atoms with Crippen LogP contribution in [0.4, 0.5) is 0 Å². The Labute approximate surface area is 59.4 Å². The average molecular weight is 171 g/mol. The van der Waals surface area contributed by atoms with Crippen LogP contribution >= 0.6 is 17.9 Å². The molecule has 0 aliphatic heterocycles. The summed E-state index contributed by atoms with van der Waals surface area (Å²) in [6.45, 7) is 3.44. The van der Waals surface area contributed by atoms with Crippen LogP contribution < -0.4 is 0 Å². The highest BCUT2D eigenvalue weighted by Crippen LogP contribution is 2.41. The zero-order valence-corrected chi connectivity index (χ0v) is 6.85. The second-order valence-corrected chi connectivity index (χ2v) is 6.49. The number of hydrogen-bond donors (Lipinski definition) is 1. The summed E-state index contributed by atoms with van der Waals surface area (Å²) in [6, 6.07) is 0. The van der Waals surface area contributed by atoms with Gasteiger partial charge in [0.25, 0.3) is 0 Å². The van der Waals surface area contributed by atoms with Crippen molar-refractivity contribution in [3.8, 4) is 0 Å². The minimum atomic E-state index is -2.19. The highest BCUT2D eigenvalue weighted by Gasteiger charge is 2.06. The maximum atomic E-state index is 9.05. The lowest BCUT2D eigenvalue weighted by atomic mass is 10.8. The zero-order valence-electron chi connectivity index (χ0n) is 4.38. The number of halogens is 1. The fourth-order valence-electron chi connectivity index (χ4n) is 0.251. The molecule has 0 saturated heterocycles. The lowest BCUT2D eigenvalue weighted by Gasteiger charge is -2.05. The first kappa shape index (κ1) is 8.64. The van der Waals surface area contributed by atoms with Gasteiger partial charge >= 0.3 is 0 Å². The van der Waals surface area contributed by atoms with E-state index in [1.54, 1.807) is 6.08 Å². The van der Waals surface area contributed by atoms with Gasteiger partial charge in [-0.15, -0.1) is 18.2 Å². The highest BCUT2D eigenvalue weighted by molar-refractivity contribution is 8.12. The Hall–Kier alpha value is 0.640. The SMILES string of the molecule is C=CCP(O)(=S)CCl. The van der Waals surface area contributed by atoms with Crippen molar-refractivity contribution in [3.63, 3.8) is 0 Å². The summed E-state index contributed by atoms with van der Waals surface area (Å²) in [6.07, 6.45) is -0.114. The van der Waals surface area contributed by atoms with Gasteiger partial charge in [-0.05, 0) is 0 Å². The Balaban J connectivity index is 3.72. The van der Waals surface area contributed by atoms with Gasteiger partial charge in [0.1, 0.15) is 0 Å². The molecule has 0 aromatic rings. The molecule has 0 rings (SSSR count). The number of rotatable bonds is 3. The Bertz CT molecular complexity index is 125. The Morgan fingerprint density at radius 1 is 1.88 bits per heavy atom. The first-order valence-corrected chi connectivity index (χ1v) is 5.76. The van der Waals surface area contributed by atoms with Crippen molar-refractivity contribution in [1.82, 2.24) is 0 Å². The maximum Gasteiger partial charge on any atom is 0.0812 e. The monoisotopic (exact) mass is 170 g/mol. The highest BCUT2D eigenvalue weighted by atomic mass is 35.5. The molecule has 0 aromatic carbocycles. The molecule has 48 valence electrons. The Kier molecular flexibility index (Phi) is 3.91. The maximum absolute atomic E-state index is 9.05. The van der Waals surface area contributed by atoms with Gasteiger partial charge in [-0.2, -0.15) is 0 Å². The van der Waals surface area contributed by atoms with Crippen LogP contribution in [0.3, 0.4) is 0 Å². The summed E-state index contributed by atoms with van der Waals surface area (Å²) in [4.78, 5) is 9.05. The van der Waals surface area contributed by atoms with Crippen LogP contribution in [0.25, 0.3) is 0 Å². The summed E-state index contributed by atoms with van der Waals surface area (Å²) in [7, 11) is 0. The minimum Gasteiger partial charge on any atom is -0.364 e. The van der Waals surface area contributed by atoms with E-state index in [4.69, 9.17) is 28.3 Å². The third-order valence-electron chi connectivity index (χ3n) is 0.601. The van der Waals surface area contributed by atoms with Crippen LogP contribution in [0.15, 0.2) is 12.7 Å². The molecule has 0 saturated carbocycles. The molecule has 0 heterocycles. The van der Waals surface area contributed by atoms with E-state index in [9.17, 15) is 0 Å². The van der Waals surface area contributed by atoms with Crippen molar-refractivity contribution in [2.75, 3.05) is 11.8 Å². The molecule has 1 atom stereocenters. The van der Waals surface area contributed by atoms with E-state index in [0.29, 0.717) is 6.16 Å². The van der Waals surface area contributed by atoms with Crippen molar-refractivity contribution in [3.05, 3.63) is 12.7 Å². The van der Waals surface area contributed by atoms with E-state index < -0.39 is 6.26 Å². The van der Waals surface area contributed by atoms with E-state index in [1.807, 2.05) is 0 Å². The summed E-state index contributed by atoms with van der Waals surface area (Å²) in [5, 5.41) is 0. The van der Waals surface area contributed by atoms with Gasteiger partial charge in [-0.3, -0.25) is 0 Å². The number of alkyl halides is 1. The lowest BCUT2D eigenvalue weighted by Crippen LogP contribution is -1.83. The van der Waals surface area contributed by atoms with E-state index in [2.05, 4.69) is 6.58 Å². The van der Waals surface area contributed by atoms with Crippen molar-refractivity contribution in [2.24, 2.45) is 0 Å². The predicted octanol–water partition coefficient (Wildman–Crippen LogP) is 1.76. The van der Waals surface area contributed by atoms with Crippen LogP contribution in [0.2, 0.25) is 0 Å². The molecule has 0 radical (unpaired) electrons. The molecule has 0 fully saturated rings. The Morgan fingerprint density at radius 3 is 2.50 bits per heavy atom. The normalized spacial score (nSPS) is 17.2. The van der Waals surface area contributed by atoms with Crippen molar-refractivity contribution in [1.29, 1.82) is 0 Å². The first-order chi connectivity index (χ1) is 3.62. The van der Waals surface area contributed by atoms with Gasteiger partial charge in [0, 0.05) is 6.16 Å². The molecular weight excluding hydrogens is 163 g/mol. The fourth-order valence-corrected chi connectivity index (χ4v) is 1.36. The second kappa shape index (κ2) is 3.62. The van der Waals surface area contributed by atoms with E-state index >= 15 is 0 Å². The minimum absolute atomic E-state index is 0.189. The van der Waals surface area contributed by atoms with Gasteiger partial charge in [-0.25, -0.2) is 0 Å². The van der Waals surface area contributed by atoms with Crippen LogP contribution in [-0.2, 0) is 11.8 Å². The smallest absolute Gasteiger partial charge is 0.0812 e. The summed E-state index contributed by atoms with van der Waals surface area (Å²) in [5.41, 5.74) is 0.189. The molecular formula is C4H8ClOPS. The van der Waals surface area contributed by atoms with Crippen molar-refractivity contribution in [2.45, 2.75) is 0 Å². The van der Waals surface area contributed by atoms with Crippen LogP contribution in [0, 0.1) is 0 Å². The summed E-state index contributed by atoms with van der Waals surface area (Å²) in [5.74, 6) is 0. The third kappa shape index (κ3) is 3.62. The largest absolute Gasteiger partial charge is 0.364 e.